The number of aliphatic hydroxyl groups excluding tert-OH is 1. The summed E-state index contributed by atoms with van der Waals surface area (Å²) in [6, 6.07) is 15.5. The molecule has 0 spiro atoms. The van der Waals surface area contributed by atoms with E-state index >= 15 is 0 Å². The van der Waals surface area contributed by atoms with Crippen molar-refractivity contribution >= 4 is 5.91 Å². The summed E-state index contributed by atoms with van der Waals surface area (Å²) in [5.74, 6) is 1.93. The normalized spacial score (nSPS) is 10.9. The van der Waals surface area contributed by atoms with E-state index in [1.807, 2.05) is 23.1 Å². The van der Waals surface area contributed by atoms with Crippen molar-refractivity contribution in [3.05, 3.63) is 83.1 Å². The SMILES string of the molecule is CNC(=O)CN(CCc1ccc(OCc2cccc(F)c2)c(OC)c1)Cc1ccc(CO)o1. The number of likely N-dealkylation sites (N-methyl/N-ethyl adjacent to an activating group) is 1. The second-order valence-electron chi connectivity index (χ2n) is 7.56. The predicted molar refractivity (Wildman–Crippen MR) is 121 cm³/mol. The van der Waals surface area contributed by atoms with Crippen molar-refractivity contribution in [1.82, 2.24) is 10.2 Å². The maximum Gasteiger partial charge on any atom is 0.233 e. The Bertz CT molecular complexity index is 1050. The molecule has 0 aliphatic heterocycles. The van der Waals surface area contributed by atoms with Gasteiger partial charge in [0.25, 0.3) is 0 Å². The Morgan fingerprint density at radius 3 is 2.61 bits per heavy atom. The number of furan rings is 1. The first-order chi connectivity index (χ1) is 16.0. The van der Waals surface area contributed by atoms with Crippen molar-refractivity contribution in [2.75, 3.05) is 27.2 Å². The number of hydrogen-bond donors (Lipinski definition) is 2. The third-order valence-corrected chi connectivity index (χ3v) is 5.13. The molecule has 0 radical (unpaired) electrons. The first-order valence-corrected chi connectivity index (χ1v) is 10.7. The highest BCUT2D eigenvalue weighted by molar-refractivity contribution is 5.77. The molecule has 0 saturated carbocycles. The Hall–Kier alpha value is -3.36. The fraction of sp³-hybridized carbons (Fsp3) is 0.320. The standard InChI is InChI=1S/C25H29FN2O5/c1-27-25(30)15-28(14-21-7-8-22(16-29)33-21)11-10-18-6-9-23(24(13-18)31-2)32-17-19-4-3-5-20(26)12-19/h3-9,12-13,29H,10-11,14-17H2,1-2H3,(H,27,30). The molecule has 1 amide bonds. The third-order valence-electron chi connectivity index (χ3n) is 5.13. The molecule has 0 saturated heterocycles. The zero-order valence-corrected chi connectivity index (χ0v) is 18.8. The number of halogens is 1. The van der Waals surface area contributed by atoms with E-state index in [2.05, 4.69) is 5.32 Å². The number of carbonyl (C=O) groups is 1. The molecule has 0 fully saturated rings. The van der Waals surface area contributed by atoms with Crippen LogP contribution in [-0.4, -0.2) is 43.2 Å². The molecule has 2 N–H and O–H groups in total. The highest BCUT2D eigenvalue weighted by Gasteiger charge is 2.14. The van der Waals surface area contributed by atoms with E-state index < -0.39 is 0 Å². The number of carbonyl (C=O) groups excluding carboxylic acids is 1. The summed E-state index contributed by atoms with van der Waals surface area (Å²) in [7, 11) is 3.17. The molecule has 0 atom stereocenters. The van der Waals surface area contributed by atoms with Gasteiger partial charge in [-0.3, -0.25) is 9.69 Å². The lowest BCUT2D eigenvalue weighted by atomic mass is 10.1. The smallest absolute Gasteiger partial charge is 0.233 e. The van der Waals surface area contributed by atoms with Crippen LogP contribution < -0.4 is 14.8 Å². The summed E-state index contributed by atoms with van der Waals surface area (Å²) < 4.78 is 30.2. The Kier molecular flexibility index (Phi) is 8.86. The maximum atomic E-state index is 13.4. The van der Waals surface area contributed by atoms with Gasteiger partial charge in [0.05, 0.1) is 20.2 Å². The van der Waals surface area contributed by atoms with Crippen molar-refractivity contribution in [3.63, 3.8) is 0 Å². The Morgan fingerprint density at radius 1 is 1.09 bits per heavy atom. The van der Waals surface area contributed by atoms with Gasteiger partial charge in [0, 0.05) is 13.6 Å². The van der Waals surface area contributed by atoms with Crippen LogP contribution in [-0.2, 0) is 31.0 Å². The average molecular weight is 457 g/mol. The minimum Gasteiger partial charge on any atom is -0.493 e. The van der Waals surface area contributed by atoms with E-state index in [1.54, 1.807) is 38.4 Å². The molecule has 3 aromatic rings. The lowest BCUT2D eigenvalue weighted by molar-refractivity contribution is -0.121. The Balaban J connectivity index is 1.63. The first kappa shape index (κ1) is 24.3. The molecular formula is C25H29FN2O5. The molecule has 7 nitrogen and oxygen atoms in total. The Labute approximate surface area is 192 Å². The van der Waals surface area contributed by atoms with Gasteiger partial charge in [0.15, 0.2) is 11.5 Å². The summed E-state index contributed by atoms with van der Waals surface area (Å²) in [5, 5.41) is 11.8. The van der Waals surface area contributed by atoms with E-state index in [0.717, 1.165) is 11.1 Å². The van der Waals surface area contributed by atoms with Crippen LogP contribution in [0.4, 0.5) is 4.39 Å². The van der Waals surface area contributed by atoms with Gasteiger partial charge in [-0.25, -0.2) is 4.39 Å². The van der Waals surface area contributed by atoms with Gasteiger partial charge < -0.3 is 24.3 Å². The van der Waals surface area contributed by atoms with Gasteiger partial charge in [-0.2, -0.15) is 0 Å². The molecule has 1 aromatic heterocycles. The van der Waals surface area contributed by atoms with Crippen LogP contribution in [0.5, 0.6) is 11.5 Å². The predicted octanol–water partition coefficient (Wildman–Crippen LogP) is 3.29. The monoisotopic (exact) mass is 456 g/mol. The molecule has 8 heteroatoms. The maximum absolute atomic E-state index is 13.4. The number of ether oxygens (including phenoxy) is 2. The number of hydrogen-bond acceptors (Lipinski definition) is 6. The largest absolute Gasteiger partial charge is 0.493 e. The molecule has 0 unspecified atom stereocenters. The zero-order valence-electron chi connectivity index (χ0n) is 18.8. The summed E-state index contributed by atoms with van der Waals surface area (Å²) in [6.07, 6.45) is 0.672. The molecule has 3 rings (SSSR count). The van der Waals surface area contributed by atoms with E-state index in [4.69, 9.17) is 13.9 Å². The van der Waals surface area contributed by atoms with Crippen molar-refractivity contribution < 1.29 is 28.2 Å². The van der Waals surface area contributed by atoms with Crippen LogP contribution >= 0.6 is 0 Å². The minimum atomic E-state index is -0.304. The van der Waals surface area contributed by atoms with Gasteiger partial charge in [-0.15, -0.1) is 0 Å². The third kappa shape index (κ3) is 7.34. The van der Waals surface area contributed by atoms with Crippen LogP contribution in [0, 0.1) is 5.82 Å². The lowest BCUT2D eigenvalue weighted by Gasteiger charge is -2.20. The minimum absolute atomic E-state index is 0.0948. The molecule has 0 aliphatic rings. The van der Waals surface area contributed by atoms with Crippen LogP contribution in [0.25, 0.3) is 0 Å². The quantitative estimate of drug-likeness (QED) is 0.435. The van der Waals surface area contributed by atoms with E-state index in [9.17, 15) is 14.3 Å². The van der Waals surface area contributed by atoms with Crippen molar-refractivity contribution in [2.24, 2.45) is 0 Å². The van der Waals surface area contributed by atoms with Crippen molar-refractivity contribution in [3.8, 4) is 11.5 Å². The van der Waals surface area contributed by atoms with Gasteiger partial charge in [0.2, 0.25) is 5.91 Å². The van der Waals surface area contributed by atoms with Crippen molar-refractivity contribution in [2.45, 2.75) is 26.2 Å². The number of aliphatic hydroxyl groups is 1. The van der Waals surface area contributed by atoms with Gasteiger partial charge in [-0.05, 0) is 53.9 Å². The molecular weight excluding hydrogens is 427 g/mol. The van der Waals surface area contributed by atoms with Gasteiger partial charge in [-0.1, -0.05) is 18.2 Å². The molecule has 2 aromatic carbocycles. The zero-order chi connectivity index (χ0) is 23.6. The highest BCUT2D eigenvalue weighted by atomic mass is 19.1. The fourth-order valence-corrected chi connectivity index (χ4v) is 3.37. The van der Waals surface area contributed by atoms with Crippen molar-refractivity contribution in [1.29, 1.82) is 0 Å². The van der Waals surface area contributed by atoms with Gasteiger partial charge >= 0.3 is 0 Å². The molecule has 33 heavy (non-hydrogen) atoms. The van der Waals surface area contributed by atoms with E-state index in [1.165, 1.54) is 12.1 Å². The molecule has 1 heterocycles. The van der Waals surface area contributed by atoms with E-state index in [-0.39, 0.29) is 31.5 Å². The van der Waals surface area contributed by atoms with Gasteiger partial charge in [0.1, 0.15) is 30.6 Å². The molecule has 0 aliphatic carbocycles. The van der Waals surface area contributed by atoms with Crippen LogP contribution in [0.3, 0.4) is 0 Å². The number of benzene rings is 2. The first-order valence-electron chi connectivity index (χ1n) is 10.7. The molecule has 176 valence electrons. The van der Waals surface area contributed by atoms with Crippen LogP contribution in [0.1, 0.15) is 22.6 Å². The fourth-order valence-electron chi connectivity index (χ4n) is 3.37. The summed E-state index contributed by atoms with van der Waals surface area (Å²) in [6.45, 7) is 1.33. The highest BCUT2D eigenvalue weighted by Crippen LogP contribution is 2.29. The summed E-state index contributed by atoms with van der Waals surface area (Å²) in [4.78, 5) is 13.9. The average Bonchev–Trinajstić information content (AvgIpc) is 3.29. The second kappa shape index (κ2) is 12.0. The van der Waals surface area contributed by atoms with E-state index in [0.29, 0.717) is 42.5 Å². The number of rotatable bonds is 12. The topological polar surface area (TPSA) is 84.2 Å². The number of methoxy groups -OCH3 is 1. The lowest BCUT2D eigenvalue weighted by Crippen LogP contribution is -2.36. The summed E-state index contributed by atoms with van der Waals surface area (Å²) in [5.41, 5.74) is 1.75. The number of nitrogens with zero attached hydrogens (tertiary/aromatic N) is 1. The summed E-state index contributed by atoms with van der Waals surface area (Å²) >= 11 is 0. The second-order valence-corrected chi connectivity index (χ2v) is 7.56. The van der Waals surface area contributed by atoms with Crippen LogP contribution in [0.2, 0.25) is 0 Å². The number of amides is 1. The number of nitrogens with one attached hydrogen (secondary N) is 1. The van der Waals surface area contributed by atoms with Crippen LogP contribution in [0.15, 0.2) is 59.0 Å². The molecule has 0 bridgehead atoms. The Morgan fingerprint density at radius 2 is 1.91 bits per heavy atom.